The van der Waals surface area contributed by atoms with Crippen LogP contribution in [0.15, 0.2) is 54.6 Å². The molecule has 0 fully saturated rings. The van der Waals surface area contributed by atoms with E-state index in [0.717, 1.165) is 11.1 Å². The minimum absolute atomic E-state index is 0.165. The molecule has 0 radical (unpaired) electrons. The first-order chi connectivity index (χ1) is 8.84. The summed E-state index contributed by atoms with van der Waals surface area (Å²) in [4.78, 5) is 0. The first-order valence-electron chi connectivity index (χ1n) is 6.34. The van der Waals surface area contributed by atoms with Gasteiger partial charge in [-0.2, -0.15) is 0 Å². The molecule has 1 nitrogen and oxygen atoms in total. The Bertz CT molecular complexity index is 524. The maximum Gasteiger partial charge on any atom is 0.124 e. The molecule has 0 heterocycles. The second kappa shape index (κ2) is 4.91. The van der Waals surface area contributed by atoms with E-state index >= 15 is 0 Å². The molecule has 0 aliphatic heterocycles. The number of hydrogen-bond donors (Lipinski definition) is 1. The van der Waals surface area contributed by atoms with Crippen LogP contribution >= 0.6 is 0 Å². The Morgan fingerprint density at radius 3 is 2.56 bits per heavy atom. The molecular formula is C16H16FN. The van der Waals surface area contributed by atoms with E-state index in [9.17, 15) is 4.39 Å². The van der Waals surface area contributed by atoms with Crippen molar-refractivity contribution in [3.8, 4) is 0 Å². The lowest BCUT2D eigenvalue weighted by molar-refractivity contribution is 0.269. The summed E-state index contributed by atoms with van der Waals surface area (Å²) < 4.78 is 14.0. The number of alkyl halides is 1. The number of fused-ring (bicyclic) bond motifs is 1. The predicted octanol–water partition coefficient (Wildman–Crippen LogP) is 3.41. The Labute approximate surface area is 107 Å². The van der Waals surface area contributed by atoms with E-state index in [1.165, 1.54) is 5.56 Å². The Kier molecular flexibility index (Phi) is 3.11. The van der Waals surface area contributed by atoms with Crippen molar-refractivity contribution in [3.05, 3.63) is 71.3 Å². The van der Waals surface area contributed by atoms with Gasteiger partial charge in [0, 0.05) is 13.0 Å². The van der Waals surface area contributed by atoms with Gasteiger partial charge in [-0.05, 0) is 16.7 Å². The fourth-order valence-electron chi connectivity index (χ4n) is 2.61. The highest BCUT2D eigenvalue weighted by Crippen LogP contribution is 2.33. The summed E-state index contributed by atoms with van der Waals surface area (Å²) in [5, 5.41) is 3.33. The number of nitrogens with one attached hydrogen (secondary N) is 1. The van der Waals surface area contributed by atoms with Crippen molar-refractivity contribution in [1.29, 1.82) is 0 Å². The van der Waals surface area contributed by atoms with Crippen molar-refractivity contribution < 1.29 is 4.39 Å². The third-order valence-corrected chi connectivity index (χ3v) is 3.54. The van der Waals surface area contributed by atoms with Crippen LogP contribution in [0.3, 0.4) is 0 Å². The van der Waals surface area contributed by atoms with E-state index in [1.807, 2.05) is 42.5 Å². The smallest absolute Gasteiger partial charge is 0.124 e. The third-order valence-electron chi connectivity index (χ3n) is 3.54. The van der Waals surface area contributed by atoms with Crippen LogP contribution in [0.25, 0.3) is 0 Å². The van der Waals surface area contributed by atoms with Gasteiger partial charge in [0.1, 0.15) is 6.17 Å². The molecule has 3 rings (SSSR count). The second-order valence-corrected chi connectivity index (χ2v) is 4.76. The van der Waals surface area contributed by atoms with Gasteiger partial charge in [-0.1, -0.05) is 54.6 Å². The molecule has 1 N–H and O–H groups in total. The first-order valence-corrected chi connectivity index (χ1v) is 6.34. The van der Waals surface area contributed by atoms with Crippen LogP contribution in [0.2, 0.25) is 0 Å². The summed E-state index contributed by atoms with van der Waals surface area (Å²) >= 11 is 0. The number of rotatable bonds is 3. The molecule has 92 valence electrons. The Morgan fingerprint density at radius 1 is 1.00 bits per heavy atom. The summed E-state index contributed by atoms with van der Waals surface area (Å²) in [6.45, 7) is 0.709. The van der Waals surface area contributed by atoms with Gasteiger partial charge < -0.3 is 5.32 Å². The summed E-state index contributed by atoms with van der Waals surface area (Å²) in [5.41, 5.74) is 3.44. The van der Waals surface area contributed by atoms with Gasteiger partial charge >= 0.3 is 0 Å². The minimum Gasteiger partial charge on any atom is -0.303 e. The molecular weight excluding hydrogens is 225 g/mol. The maximum absolute atomic E-state index is 14.0. The SMILES string of the molecule is F[C@H]1Cc2ccccc2[C@@H]1NCc1ccccc1. The van der Waals surface area contributed by atoms with Gasteiger partial charge in [0.2, 0.25) is 0 Å². The zero-order valence-corrected chi connectivity index (χ0v) is 10.1. The van der Waals surface area contributed by atoms with E-state index in [1.54, 1.807) is 0 Å². The van der Waals surface area contributed by atoms with E-state index < -0.39 is 6.17 Å². The average molecular weight is 241 g/mol. The molecule has 1 aliphatic rings. The van der Waals surface area contributed by atoms with Crippen molar-refractivity contribution >= 4 is 0 Å². The molecule has 0 bridgehead atoms. The first kappa shape index (κ1) is 11.4. The van der Waals surface area contributed by atoms with Crippen LogP contribution in [0, 0.1) is 0 Å². The molecule has 2 heteroatoms. The zero-order valence-electron chi connectivity index (χ0n) is 10.1. The van der Waals surface area contributed by atoms with Crippen molar-refractivity contribution in [1.82, 2.24) is 5.32 Å². The molecule has 18 heavy (non-hydrogen) atoms. The van der Waals surface area contributed by atoms with Crippen LogP contribution in [-0.4, -0.2) is 6.17 Å². The molecule has 2 aromatic rings. The molecule has 0 spiro atoms. The molecule has 2 aromatic carbocycles. The highest BCUT2D eigenvalue weighted by molar-refractivity contribution is 5.36. The van der Waals surface area contributed by atoms with Gasteiger partial charge in [-0.15, -0.1) is 0 Å². The fraction of sp³-hybridized carbons (Fsp3) is 0.250. The fourth-order valence-corrected chi connectivity index (χ4v) is 2.61. The summed E-state index contributed by atoms with van der Waals surface area (Å²) in [5.74, 6) is 0. The van der Waals surface area contributed by atoms with Crippen LogP contribution in [-0.2, 0) is 13.0 Å². The van der Waals surface area contributed by atoms with Gasteiger partial charge in [-0.25, -0.2) is 4.39 Å². The van der Waals surface area contributed by atoms with E-state index in [2.05, 4.69) is 17.4 Å². The van der Waals surface area contributed by atoms with Crippen LogP contribution < -0.4 is 5.32 Å². The van der Waals surface area contributed by atoms with Crippen molar-refractivity contribution in [2.75, 3.05) is 0 Å². The van der Waals surface area contributed by atoms with Gasteiger partial charge in [0.05, 0.1) is 6.04 Å². The van der Waals surface area contributed by atoms with Crippen molar-refractivity contribution in [2.24, 2.45) is 0 Å². The third kappa shape index (κ3) is 2.16. The van der Waals surface area contributed by atoms with Crippen molar-refractivity contribution in [2.45, 2.75) is 25.2 Å². The lowest BCUT2D eigenvalue weighted by atomic mass is 10.1. The van der Waals surface area contributed by atoms with Crippen molar-refractivity contribution in [3.63, 3.8) is 0 Å². The number of hydrogen-bond acceptors (Lipinski definition) is 1. The Balaban J connectivity index is 1.74. The maximum atomic E-state index is 14.0. The Morgan fingerprint density at radius 2 is 1.72 bits per heavy atom. The lowest BCUT2D eigenvalue weighted by Gasteiger charge is -2.16. The molecule has 0 unspecified atom stereocenters. The van der Waals surface area contributed by atoms with Gasteiger partial charge in [-0.3, -0.25) is 0 Å². The molecule has 1 aliphatic carbocycles. The van der Waals surface area contributed by atoms with Crippen LogP contribution in [0.1, 0.15) is 22.7 Å². The van der Waals surface area contributed by atoms with Crippen LogP contribution in [0.5, 0.6) is 0 Å². The standard InChI is InChI=1S/C16H16FN/c17-15-10-13-8-4-5-9-14(13)16(15)18-11-12-6-2-1-3-7-12/h1-9,15-16,18H,10-11H2/t15-,16-/m0/s1. The average Bonchev–Trinajstić information content (AvgIpc) is 2.73. The highest BCUT2D eigenvalue weighted by Gasteiger charge is 2.31. The topological polar surface area (TPSA) is 12.0 Å². The second-order valence-electron chi connectivity index (χ2n) is 4.76. The predicted molar refractivity (Wildman–Crippen MR) is 71.1 cm³/mol. The van der Waals surface area contributed by atoms with Gasteiger partial charge in [0.15, 0.2) is 0 Å². The lowest BCUT2D eigenvalue weighted by Crippen LogP contribution is -2.25. The molecule has 2 atom stereocenters. The Hall–Kier alpha value is -1.67. The summed E-state index contributed by atoms with van der Waals surface area (Å²) in [6, 6.07) is 18.0. The minimum atomic E-state index is -0.814. The summed E-state index contributed by atoms with van der Waals surface area (Å²) in [7, 11) is 0. The van der Waals surface area contributed by atoms with E-state index in [0.29, 0.717) is 13.0 Å². The highest BCUT2D eigenvalue weighted by atomic mass is 19.1. The summed E-state index contributed by atoms with van der Waals surface area (Å²) in [6.07, 6.45) is -0.283. The molecule has 0 aromatic heterocycles. The zero-order chi connectivity index (χ0) is 12.4. The number of benzene rings is 2. The largest absolute Gasteiger partial charge is 0.303 e. The normalized spacial score (nSPS) is 21.8. The van der Waals surface area contributed by atoms with Crippen LogP contribution in [0.4, 0.5) is 4.39 Å². The van der Waals surface area contributed by atoms with E-state index in [-0.39, 0.29) is 6.04 Å². The van der Waals surface area contributed by atoms with Gasteiger partial charge in [0.25, 0.3) is 0 Å². The van der Waals surface area contributed by atoms with E-state index in [4.69, 9.17) is 0 Å². The number of halogens is 1. The monoisotopic (exact) mass is 241 g/mol. The quantitative estimate of drug-likeness (QED) is 0.868. The molecule has 0 saturated carbocycles. The molecule has 0 saturated heterocycles. The molecule has 0 amide bonds.